The molecule has 0 bridgehead atoms. The van der Waals surface area contributed by atoms with E-state index in [4.69, 9.17) is 16.3 Å². The number of hydrogen-bond donors (Lipinski definition) is 1. The van der Waals surface area contributed by atoms with Gasteiger partial charge in [0.05, 0.1) is 11.4 Å². The van der Waals surface area contributed by atoms with E-state index in [1.165, 1.54) is 11.3 Å². The van der Waals surface area contributed by atoms with Crippen LogP contribution in [0.15, 0.2) is 64.6 Å². The minimum atomic E-state index is -0.247. The van der Waals surface area contributed by atoms with Crippen LogP contribution in [0.1, 0.15) is 31.9 Å². The summed E-state index contributed by atoms with van der Waals surface area (Å²) in [5.74, 6) is 0.918. The van der Waals surface area contributed by atoms with Crippen LogP contribution >= 0.6 is 38.9 Å². The molecule has 0 aliphatic rings. The highest BCUT2D eigenvalue weighted by molar-refractivity contribution is 9.10. The largest absolute Gasteiger partial charge is 0.489 e. The summed E-state index contributed by atoms with van der Waals surface area (Å²) in [5.41, 5.74) is 4.33. The van der Waals surface area contributed by atoms with E-state index in [1.807, 2.05) is 61.7 Å². The van der Waals surface area contributed by atoms with Gasteiger partial charge in [-0.1, -0.05) is 45.7 Å². The van der Waals surface area contributed by atoms with Crippen LogP contribution < -0.4 is 10.1 Å². The van der Waals surface area contributed by atoms with Crippen LogP contribution in [0.4, 0.5) is 5.82 Å². The smallest absolute Gasteiger partial charge is 0.266 e. The van der Waals surface area contributed by atoms with E-state index in [9.17, 15) is 4.79 Å². The van der Waals surface area contributed by atoms with Gasteiger partial charge in [0.2, 0.25) is 0 Å². The van der Waals surface area contributed by atoms with Crippen molar-refractivity contribution in [2.45, 2.75) is 27.0 Å². The summed E-state index contributed by atoms with van der Waals surface area (Å²) in [5, 5.41) is 9.53. The number of nitrogens with zero attached hydrogens (tertiary/aromatic N) is 2. The number of thiophene rings is 1. The SMILES string of the molecule is Cc1cc(C)cc(OCc2csc(C(=O)Nc3nn(Cc4ccc(Br)cc4)cc3Cl)c2)c1. The van der Waals surface area contributed by atoms with Crippen molar-refractivity contribution in [3.05, 3.63) is 96.7 Å². The molecule has 164 valence electrons. The first-order valence-electron chi connectivity index (χ1n) is 9.93. The fourth-order valence-electron chi connectivity index (χ4n) is 3.26. The summed E-state index contributed by atoms with van der Waals surface area (Å²) in [6.07, 6.45) is 1.71. The molecule has 0 unspecified atom stereocenters. The zero-order chi connectivity index (χ0) is 22.7. The molecule has 5 nitrogen and oxygen atoms in total. The average molecular weight is 531 g/mol. The zero-order valence-electron chi connectivity index (χ0n) is 17.6. The van der Waals surface area contributed by atoms with Crippen molar-refractivity contribution in [2.24, 2.45) is 0 Å². The van der Waals surface area contributed by atoms with Gasteiger partial charge in [-0.15, -0.1) is 11.3 Å². The third-order valence-electron chi connectivity index (χ3n) is 4.69. The van der Waals surface area contributed by atoms with Crippen LogP contribution in [0.3, 0.4) is 0 Å². The molecule has 2 aromatic carbocycles. The van der Waals surface area contributed by atoms with Crippen molar-refractivity contribution in [3.63, 3.8) is 0 Å². The number of nitrogens with one attached hydrogen (secondary N) is 1. The van der Waals surface area contributed by atoms with E-state index in [1.54, 1.807) is 10.9 Å². The number of ether oxygens (including phenoxy) is 1. The van der Waals surface area contributed by atoms with Gasteiger partial charge >= 0.3 is 0 Å². The number of anilines is 1. The Labute approximate surface area is 204 Å². The molecule has 8 heteroatoms. The number of amides is 1. The second-order valence-electron chi connectivity index (χ2n) is 7.54. The highest BCUT2D eigenvalue weighted by atomic mass is 79.9. The maximum Gasteiger partial charge on any atom is 0.266 e. The predicted octanol–water partition coefficient (Wildman–Crippen LogP) is 6.86. The third kappa shape index (κ3) is 5.79. The first-order valence-corrected chi connectivity index (χ1v) is 12.0. The Morgan fingerprint density at radius 3 is 2.56 bits per heavy atom. The average Bonchev–Trinajstić information content (AvgIpc) is 3.34. The number of rotatable bonds is 7. The second kappa shape index (κ2) is 9.90. The highest BCUT2D eigenvalue weighted by Crippen LogP contribution is 2.24. The quantitative estimate of drug-likeness (QED) is 0.284. The number of halogens is 2. The lowest BCUT2D eigenvalue weighted by Gasteiger charge is -2.07. The Morgan fingerprint density at radius 2 is 1.84 bits per heavy atom. The molecule has 0 spiro atoms. The Hall–Kier alpha value is -2.61. The molecule has 0 fully saturated rings. The lowest BCUT2D eigenvalue weighted by molar-refractivity contribution is 0.103. The topological polar surface area (TPSA) is 56.1 Å². The van der Waals surface area contributed by atoms with Crippen LogP contribution in [0.5, 0.6) is 5.75 Å². The molecule has 0 atom stereocenters. The number of carbonyl (C=O) groups is 1. The summed E-state index contributed by atoms with van der Waals surface area (Å²) < 4.78 is 8.61. The molecular weight excluding hydrogens is 510 g/mol. The van der Waals surface area contributed by atoms with Crippen LogP contribution in [-0.4, -0.2) is 15.7 Å². The van der Waals surface area contributed by atoms with Crippen LogP contribution in [0, 0.1) is 13.8 Å². The summed E-state index contributed by atoms with van der Waals surface area (Å²) in [4.78, 5) is 13.3. The summed E-state index contributed by atoms with van der Waals surface area (Å²) in [6.45, 7) is 5.04. The molecular formula is C24H21BrClN3O2S. The first kappa shape index (κ1) is 22.6. The second-order valence-corrected chi connectivity index (χ2v) is 9.77. The van der Waals surface area contributed by atoms with Gasteiger partial charge < -0.3 is 10.1 Å². The molecule has 4 rings (SSSR count). The van der Waals surface area contributed by atoms with E-state index in [-0.39, 0.29) is 5.91 Å². The van der Waals surface area contributed by atoms with E-state index >= 15 is 0 Å². The van der Waals surface area contributed by atoms with Crippen molar-refractivity contribution in [1.29, 1.82) is 0 Å². The molecule has 2 heterocycles. The monoisotopic (exact) mass is 529 g/mol. The molecule has 1 N–H and O–H groups in total. The van der Waals surface area contributed by atoms with Crippen LogP contribution in [0.25, 0.3) is 0 Å². The van der Waals surface area contributed by atoms with Gasteiger partial charge in [0.15, 0.2) is 5.82 Å². The maximum absolute atomic E-state index is 12.7. The molecule has 4 aromatic rings. The van der Waals surface area contributed by atoms with Gasteiger partial charge in [-0.25, -0.2) is 0 Å². The van der Waals surface area contributed by atoms with Crippen molar-refractivity contribution in [2.75, 3.05) is 5.32 Å². The molecule has 2 aromatic heterocycles. The first-order chi connectivity index (χ1) is 15.4. The van der Waals surface area contributed by atoms with Gasteiger partial charge in [-0.05, 0) is 66.2 Å². The number of hydrogen-bond acceptors (Lipinski definition) is 4. The predicted molar refractivity (Wildman–Crippen MR) is 133 cm³/mol. The molecule has 1 amide bonds. The summed E-state index contributed by atoms with van der Waals surface area (Å²) in [7, 11) is 0. The Bertz CT molecular complexity index is 1230. The van der Waals surface area contributed by atoms with Crippen LogP contribution in [-0.2, 0) is 13.2 Å². The van der Waals surface area contributed by atoms with E-state index in [0.717, 1.165) is 32.5 Å². The molecule has 0 saturated carbocycles. The Balaban J connectivity index is 1.37. The summed E-state index contributed by atoms with van der Waals surface area (Å²) >= 11 is 11.1. The number of aromatic nitrogens is 2. The maximum atomic E-state index is 12.7. The van der Waals surface area contributed by atoms with E-state index in [2.05, 4.69) is 32.4 Å². The minimum Gasteiger partial charge on any atom is -0.489 e. The van der Waals surface area contributed by atoms with Crippen molar-refractivity contribution >= 4 is 50.6 Å². The normalized spacial score (nSPS) is 10.9. The van der Waals surface area contributed by atoms with E-state index < -0.39 is 0 Å². The fourth-order valence-corrected chi connectivity index (χ4v) is 4.52. The van der Waals surface area contributed by atoms with Crippen molar-refractivity contribution in [1.82, 2.24) is 9.78 Å². The summed E-state index contributed by atoms with van der Waals surface area (Å²) in [6, 6.07) is 15.9. The fraction of sp³-hybridized carbons (Fsp3) is 0.167. The highest BCUT2D eigenvalue weighted by Gasteiger charge is 2.15. The Kier molecular flexibility index (Phi) is 6.98. The standard InChI is InChI=1S/C24H21BrClN3O2S/c1-15-7-16(2)9-20(8-15)31-13-18-10-22(32-14-18)24(30)27-23-21(26)12-29(28-23)11-17-3-5-19(25)6-4-17/h3-10,12,14H,11,13H2,1-2H3,(H,27,28,30). The van der Waals surface area contributed by atoms with Gasteiger partial charge in [0.1, 0.15) is 17.4 Å². The van der Waals surface area contributed by atoms with Gasteiger partial charge in [0, 0.05) is 16.2 Å². The van der Waals surface area contributed by atoms with Gasteiger partial charge in [0.25, 0.3) is 5.91 Å². The van der Waals surface area contributed by atoms with Crippen molar-refractivity contribution in [3.8, 4) is 5.75 Å². The third-order valence-corrected chi connectivity index (χ3v) is 6.47. The van der Waals surface area contributed by atoms with E-state index in [0.29, 0.717) is 28.9 Å². The van der Waals surface area contributed by atoms with Gasteiger partial charge in [-0.3, -0.25) is 9.48 Å². The molecule has 0 aliphatic carbocycles. The number of benzene rings is 2. The number of aryl methyl sites for hydroxylation is 2. The lowest BCUT2D eigenvalue weighted by atomic mass is 10.1. The minimum absolute atomic E-state index is 0.247. The van der Waals surface area contributed by atoms with Crippen LogP contribution in [0.2, 0.25) is 5.02 Å². The molecule has 0 radical (unpaired) electrons. The van der Waals surface area contributed by atoms with Gasteiger partial charge in [-0.2, -0.15) is 5.10 Å². The lowest BCUT2D eigenvalue weighted by Crippen LogP contribution is -2.11. The number of carbonyl (C=O) groups excluding carboxylic acids is 1. The molecule has 0 saturated heterocycles. The zero-order valence-corrected chi connectivity index (χ0v) is 20.7. The van der Waals surface area contributed by atoms with Crippen molar-refractivity contribution < 1.29 is 9.53 Å². The Morgan fingerprint density at radius 1 is 1.12 bits per heavy atom. The molecule has 32 heavy (non-hydrogen) atoms. The molecule has 0 aliphatic heterocycles.